The van der Waals surface area contributed by atoms with Gasteiger partial charge in [0.1, 0.15) is 5.01 Å². The van der Waals surface area contributed by atoms with Crippen LogP contribution in [0.5, 0.6) is 0 Å². The number of anilines is 1. The third-order valence-corrected chi connectivity index (χ3v) is 5.64. The second-order valence-electron chi connectivity index (χ2n) is 6.12. The number of rotatable bonds is 5. The van der Waals surface area contributed by atoms with Crippen LogP contribution in [-0.2, 0) is 4.79 Å². The van der Waals surface area contributed by atoms with E-state index in [4.69, 9.17) is 11.6 Å². The molecule has 6 heteroatoms. The largest absolute Gasteiger partial charge is 0.325 e. The molecular formula is C19H20ClN3OS. The second-order valence-corrected chi connectivity index (χ2v) is 7.62. The zero-order valence-electron chi connectivity index (χ0n) is 14.4. The van der Waals surface area contributed by atoms with Gasteiger partial charge >= 0.3 is 0 Å². The predicted octanol–water partition coefficient (Wildman–Crippen LogP) is 4.89. The van der Waals surface area contributed by atoms with Gasteiger partial charge in [0, 0.05) is 10.7 Å². The van der Waals surface area contributed by atoms with Gasteiger partial charge in [0.15, 0.2) is 0 Å². The third-order valence-electron chi connectivity index (χ3n) is 4.20. The van der Waals surface area contributed by atoms with E-state index in [0.29, 0.717) is 5.02 Å². The molecule has 2 aromatic carbocycles. The van der Waals surface area contributed by atoms with E-state index < -0.39 is 0 Å². The minimum atomic E-state index is -0.0687. The Morgan fingerprint density at radius 1 is 1.32 bits per heavy atom. The summed E-state index contributed by atoms with van der Waals surface area (Å²) in [5.41, 5.74) is 2.74. The van der Waals surface area contributed by atoms with Crippen LogP contribution in [0, 0.1) is 6.92 Å². The van der Waals surface area contributed by atoms with Crippen molar-refractivity contribution >= 4 is 44.7 Å². The van der Waals surface area contributed by atoms with Crippen molar-refractivity contribution in [1.29, 1.82) is 0 Å². The van der Waals surface area contributed by atoms with Crippen molar-refractivity contribution in [3.05, 3.63) is 58.1 Å². The molecule has 1 atom stereocenters. The Balaban J connectivity index is 1.67. The molecule has 0 fully saturated rings. The van der Waals surface area contributed by atoms with Crippen molar-refractivity contribution < 1.29 is 4.79 Å². The molecule has 1 amide bonds. The van der Waals surface area contributed by atoms with E-state index in [-0.39, 0.29) is 18.5 Å². The van der Waals surface area contributed by atoms with Crippen LogP contribution >= 0.6 is 22.9 Å². The number of nitrogens with one attached hydrogen (secondary N) is 1. The molecule has 4 nitrogen and oxygen atoms in total. The molecular weight excluding hydrogens is 354 g/mol. The summed E-state index contributed by atoms with van der Waals surface area (Å²) in [7, 11) is 1.93. The number of thiazole rings is 1. The standard InChI is InChI=1S/C19H20ClN3OS/c1-12-8-9-14(20)10-16(12)21-18(24)11-23(3)13(2)19-22-15-6-4-5-7-17(15)25-19/h4-10,13H,11H2,1-3H3,(H,21,24). The molecule has 3 aromatic rings. The Bertz CT molecular complexity index is 876. The lowest BCUT2D eigenvalue weighted by molar-refractivity contribution is -0.117. The van der Waals surface area contributed by atoms with Crippen LogP contribution < -0.4 is 5.32 Å². The summed E-state index contributed by atoms with van der Waals surface area (Å²) in [6, 6.07) is 13.6. The summed E-state index contributed by atoms with van der Waals surface area (Å²) < 4.78 is 1.16. The fraction of sp³-hybridized carbons (Fsp3) is 0.263. The van der Waals surface area contributed by atoms with Gasteiger partial charge in [-0.25, -0.2) is 4.98 Å². The van der Waals surface area contributed by atoms with Crippen molar-refractivity contribution in [3.8, 4) is 0 Å². The molecule has 0 spiro atoms. The number of carbonyl (C=O) groups excluding carboxylic acids is 1. The SMILES string of the molecule is Cc1ccc(Cl)cc1NC(=O)CN(C)C(C)c1nc2ccccc2s1. The van der Waals surface area contributed by atoms with Gasteiger partial charge in [-0.3, -0.25) is 9.69 Å². The number of hydrogen-bond donors (Lipinski definition) is 1. The number of nitrogens with zero attached hydrogens (tertiary/aromatic N) is 2. The number of hydrogen-bond acceptors (Lipinski definition) is 4. The molecule has 1 heterocycles. The normalized spacial score (nSPS) is 12.5. The summed E-state index contributed by atoms with van der Waals surface area (Å²) >= 11 is 7.67. The van der Waals surface area contributed by atoms with Crippen LogP contribution in [0.25, 0.3) is 10.2 Å². The summed E-state index contributed by atoms with van der Waals surface area (Å²) in [5.74, 6) is -0.0687. The van der Waals surface area contributed by atoms with E-state index in [9.17, 15) is 4.79 Å². The fourth-order valence-corrected chi connectivity index (χ4v) is 3.80. The number of amides is 1. The van der Waals surface area contributed by atoms with E-state index in [1.54, 1.807) is 17.4 Å². The van der Waals surface area contributed by atoms with Gasteiger partial charge in [-0.2, -0.15) is 0 Å². The number of fused-ring (bicyclic) bond motifs is 1. The van der Waals surface area contributed by atoms with Crippen LogP contribution in [0.3, 0.4) is 0 Å². The van der Waals surface area contributed by atoms with Gasteiger partial charge < -0.3 is 5.32 Å². The van der Waals surface area contributed by atoms with Crippen molar-refractivity contribution in [2.75, 3.05) is 18.9 Å². The van der Waals surface area contributed by atoms with Gasteiger partial charge in [-0.15, -0.1) is 11.3 Å². The van der Waals surface area contributed by atoms with Gasteiger partial charge in [0.2, 0.25) is 5.91 Å². The summed E-state index contributed by atoms with van der Waals surface area (Å²) in [6.45, 7) is 4.29. The molecule has 0 aliphatic carbocycles. The minimum absolute atomic E-state index is 0.0589. The number of aromatic nitrogens is 1. The average Bonchev–Trinajstić information content (AvgIpc) is 3.01. The Hall–Kier alpha value is -1.95. The zero-order chi connectivity index (χ0) is 18.0. The Labute approximate surface area is 156 Å². The van der Waals surface area contributed by atoms with E-state index in [0.717, 1.165) is 26.5 Å². The molecule has 0 bridgehead atoms. The van der Waals surface area contributed by atoms with Gasteiger partial charge in [0.05, 0.1) is 22.8 Å². The number of aryl methyl sites for hydroxylation is 1. The van der Waals surface area contributed by atoms with E-state index in [2.05, 4.69) is 23.3 Å². The quantitative estimate of drug-likeness (QED) is 0.692. The predicted molar refractivity (Wildman–Crippen MR) is 105 cm³/mol. The first-order chi connectivity index (χ1) is 11.9. The highest BCUT2D eigenvalue weighted by atomic mass is 35.5. The number of carbonyl (C=O) groups is 1. The number of benzene rings is 2. The fourth-order valence-electron chi connectivity index (χ4n) is 2.54. The van der Waals surface area contributed by atoms with E-state index >= 15 is 0 Å². The molecule has 1 N–H and O–H groups in total. The molecule has 0 saturated heterocycles. The minimum Gasteiger partial charge on any atom is -0.325 e. The monoisotopic (exact) mass is 373 g/mol. The molecule has 130 valence electrons. The van der Waals surface area contributed by atoms with Crippen molar-refractivity contribution in [2.24, 2.45) is 0 Å². The summed E-state index contributed by atoms with van der Waals surface area (Å²) in [4.78, 5) is 19.1. The molecule has 0 aliphatic rings. The van der Waals surface area contributed by atoms with Crippen molar-refractivity contribution in [2.45, 2.75) is 19.9 Å². The molecule has 1 unspecified atom stereocenters. The second kappa shape index (κ2) is 7.52. The van der Waals surface area contributed by atoms with E-state index in [1.807, 2.05) is 49.2 Å². The van der Waals surface area contributed by atoms with Crippen LogP contribution in [-0.4, -0.2) is 29.4 Å². The van der Waals surface area contributed by atoms with Crippen LogP contribution in [0.15, 0.2) is 42.5 Å². The van der Waals surface area contributed by atoms with E-state index in [1.165, 1.54) is 0 Å². The highest BCUT2D eigenvalue weighted by Gasteiger charge is 2.18. The van der Waals surface area contributed by atoms with Crippen LogP contribution in [0.1, 0.15) is 23.5 Å². The highest BCUT2D eigenvalue weighted by molar-refractivity contribution is 7.18. The van der Waals surface area contributed by atoms with Gasteiger partial charge in [-0.05, 0) is 50.7 Å². The summed E-state index contributed by atoms with van der Waals surface area (Å²) in [6.07, 6.45) is 0. The number of halogens is 1. The zero-order valence-corrected chi connectivity index (χ0v) is 16.0. The lowest BCUT2D eigenvalue weighted by Crippen LogP contribution is -2.32. The molecule has 3 rings (SSSR count). The molecule has 25 heavy (non-hydrogen) atoms. The van der Waals surface area contributed by atoms with Crippen LogP contribution in [0.4, 0.5) is 5.69 Å². The molecule has 0 saturated carbocycles. The maximum Gasteiger partial charge on any atom is 0.238 e. The first-order valence-corrected chi connectivity index (χ1v) is 9.25. The number of likely N-dealkylation sites (N-methyl/N-ethyl adjacent to an activating group) is 1. The maximum atomic E-state index is 12.4. The summed E-state index contributed by atoms with van der Waals surface area (Å²) in [5, 5.41) is 4.55. The Morgan fingerprint density at radius 2 is 2.08 bits per heavy atom. The average molecular weight is 374 g/mol. The molecule has 0 radical (unpaired) electrons. The Morgan fingerprint density at radius 3 is 2.84 bits per heavy atom. The maximum absolute atomic E-state index is 12.4. The van der Waals surface area contributed by atoms with Gasteiger partial charge in [-0.1, -0.05) is 29.8 Å². The number of para-hydroxylation sites is 1. The lowest BCUT2D eigenvalue weighted by atomic mass is 10.2. The van der Waals surface area contributed by atoms with Crippen molar-refractivity contribution in [3.63, 3.8) is 0 Å². The first kappa shape index (κ1) is 17.9. The lowest BCUT2D eigenvalue weighted by Gasteiger charge is -2.22. The highest BCUT2D eigenvalue weighted by Crippen LogP contribution is 2.28. The van der Waals surface area contributed by atoms with Crippen LogP contribution in [0.2, 0.25) is 5.02 Å². The van der Waals surface area contributed by atoms with Gasteiger partial charge in [0.25, 0.3) is 0 Å². The third kappa shape index (κ3) is 4.18. The molecule has 0 aliphatic heterocycles. The first-order valence-electron chi connectivity index (χ1n) is 8.06. The topological polar surface area (TPSA) is 45.2 Å². The Kier molecular flexibility index (Phi) is 5.37. The molecule has 1 aromatic heterocycles. The van der Waals surface area contributed by atoms with Crippen molar-refractivity contribution in [1.82, 2.24) is 9.88 Å². The smallest absolute Gasteiger partial charge is 0.238 e.